The molecule has 2 rings (SSSR count). The predicted octanol–water partition coefficient (Wildman–Crippen LogP) is 1.76. The zero-order valence-corrected chi connectivity index (χ0v) is 16.7. The number of carbonyl (C=O) groups excluding carboxylic acids is 2. The minimum absolute atomic E-state index is 0.183. The van der Waals surface area contributed by atoms with Crippen LogP contribution in [0.15, 0.2) is 53.5 Å². The van der Waals surface area contributed by atoms with Crippen LogP contribution < -0.4 is 16.4 Å². The van der Waals surface area contributed by atoms with Gasteiger partial charge < -0.3 is 21.3 Å². The van der Waals surface area contributed by atoms with Crippen molar-refractivity contribution in [3.8, 4) is 0 Å². The average molecular weight is 402 g/mol. The largest absolute Gasteiger partial charge is 0.368 e. The van der Waals surface area contributed by atoms with Crippen molar-refractivity contribution in [1.29, 1.82) is 0 Å². The number of hydrogen-bond acceptors (Lipinski definition) is 3. The lowest BCUT2D eigenvalue weighted by Crippen LogP contribution is -2.38. The second-order valence-electron chi connectivity index (χ2n) is 6.23. The molecular formula is C20H24ClN5O2. The third-order valence-electron chi connectivity index (χ3n) is 3.97. The number of nitrogens with one attached hydrogen (secondary N) is 2. The summed E-state index contributed by atoms with van der Waals surface area (Å²) in [5, 5.41) is 6.45. The molecule has 0 fully saturated rings. The fourth-order valence-electron chi connectivity index (χ4n) is 2.59. The molecule has 2 amide bonds. The summed E-state index contributed by atoms with van der Waals surface area (Å²) in [6, 6.07) is 14.8. The fourth-order valence-corrected chi connectivity index (χ4v) is 2.81. The lowest BCUT2D eigenvalue weighted by atomic mass is 10.1. The first-order valence-corrected chi connectivity index (χ1v) is 9.08. The lowest BCUT2D eigenvalue weighted by Gasteiger charge is -2.22. The van der Waals surface area contributed by atoms with Crippen LogP contribution in [0.4, 0.5) is 0 Å². The predicted molar refractivity (Wildman–Crippen MR) is 111 cm³/mol. The molecule has 2 aromatic carbocycles. The van der Waals surface area contributed by atoms with Gasteiger partial charge in [-0.1, -0.05) is 35.9 Å². The van der Waals surface area contributed by atoms with Gasteiger partial charge in [0.15, 0.2) is 5.96 Å². The Kier molecular flexibility index (Phi) is 7.83. The molecule has 0 spiro atoms. The Hall–Kier alpha value is -3.06. The SMILES string of the molecule is CN=C(NCc1ccc(C(=O)NCC(N)=O)cc1)N(C)Cc1cccc(Cl)c1. The number of aliphatic imine (C=N–C) groups is 1. The van der Waals surface area contributed by atoms with Gasteiger partial charge in [0.2, 0.25) is 5.91 Å². The maximum Gasteiger partial charge on any atom is 0.251 e. The number of rotatable bonds is 7. The summed E-state index contributed by atoms with van der Waals surface area (Å²) in [6.07, 6.45) is 0. The molecule has 0 aliphatic heterocycles. The topological polar surface area (TPSA) is 99.8 Å². The minimum Gasteiger partial charge on any atom is -0.368 e. The first-order chi connectivity index (χ1) is 13.4. The lowest BCUT2D eigenvalue weighted by molar-refractivity contribution is -0.117. The van der Waals surface area contributed by atoms with Gasteiger partial charge in [-0.2, -0.15) is 0 Å². The molecule has 148 valence electrons. The Morgan fingerprint density at radius 3 is 2.43 bits per heavy atom. The molecule has 0 unspecified atom stereocenters. The number of primary amides is 1. The van der Waals surface area contributed by atoms with Gasteiger partial charge in [0.25, 0.3) is 5.91 Å². The van der Waals surface area contributed by atoms with Gasteiger partial charge in [0, 0.05) is 37.8 Å². The molecular weight excluding hydrogens is 378 g/mol. The molecule has 0 aliphatic rings. The maximum atomic E-state index is 11.9. The van der Waals surface area contributed by atoms with E-state index in [1.54, 1.807) is 19.2 Å². The number of amides is 2. The highest BCUT2D eigenvalue weighted by Crippen LogP contribution is 2.12. The number of carbonyl (C=O) groups is 2. The van der Waals surface area contributed by atoms with Gasteiger partial charge in [-0.3, -0.25) is 14.6 Å². The van der Waals surface area contributed by atoms with Crippen LogP contribution in [0.3, 0.4) is 0 Å². The molecule has 0 saturated carbocycles. The van der Waals surface area contributed by atoms with Crippen LogP contribution in [0, 0.1) is 0 Å². The summed E-state index contributed by atoms with van der Waals surface area (Å²) < 4.78 is 0. The molecule has 28 heavy (non-hydrogen) atoms. The van der Waals surface area contributed by atoms with Crippen molar-refractivity contribution in [3.05, 3.63) is 70.2 Å². The fraction of sp³-hybridized carbons (Fsp3) is 0.250. The van der Waals surface area contributed by atoms with Crippen molar-refractivity contribution in [1.82, 2.24) is 15.5 Å². The number of hydrogen-bond donors (Lipinski definition) is 3. The van der Waals surface area contributed by atoms with Crippen LogP contribution in [-0.2, 0) is 17.9 Å². The summed E-state index contributed by atoms with van der Waals surface area (Å²) in [6.45, 7) is 1.03. The summed E-state index contributed by atoms with van der Waals surface area (Å²) >= 11 is 6.04. The van der Waals surface area contributed by atoms with E-state index in [1.165, 1.54) is 0 Å². The van der Waals surface area contributed by atoms with E-state index in [-0.39, 0.29) is 12.5 Å². The second-order valence-corrected chi connectivity index (χ2v) is 6.67. The Balaban J connectivity index is 1.90. The molecule has 0 aliphatic carbocycles. The van der Waals surface area contributed by atoms with Gasteiger partial charge in [0.05, 0.1) is 6.54 Å². The van der Waals surface area contributed by atoms with Gasteiger partial charge >= 0.3 is 0 Å². The van der Waals surface area contributed by atoms with Crippen molar-refractivity contribution < 1.29 is 9.59 Å². The van der Waals surface area contributed by atoms with Crippen LogP contribution in [-0.4, -0.2) is 43.3 Å². The van der Waals surface area contributed by atoms with Gasteiger partial charge in [-0.15, -0.1) is 0 Å². The number of guanidine groups is 1. The Bertz CT molecular complexity index is 852. The van der Waals surface area contributed by atoms with Crippen LogP contribution >= 0.6 is 11.6 Å². The molecule has 8 heteroatoms. The van der Waals surface area contributed by atoms with E-state index in [0.717, 1.165) is 17.1 Å². The normalized spacial score (nSPS) is 11.0. The first kappa shape index (κ1) is 21.2. The zero-order valence-electron chi connectivity index (χ0n) is 15.9. The molecule has 0 radical (unpaired) electrons. The number of nitrogens with zero attached hydrogens (tertiary/aromatic N) is 2. The number of benzene rings is 2. The van der Waals surface area contributed by atoms with Gasteiger partial charge in [0.1, 0.15) is 0 Å². The molecule has 0 saturated heterocycles. The van der Waals surface area contributed by atoms with Crippen molar-refractivity contribution in [2.75, 3.05) is 20.6 Å². The van der Waals surface area contributed by atoms with E-state index in [2.05, 4.69) is 15.6 Å². The van der Waals surface area contributed by atoms with Crippen LogP contribution in [0.5, 0.6) is 0 Å². The van der Waals surface area contributed by atoms with Crippen molar-refractivity contribution in [2.24, 2.45) is 10.7 Å². The quantitative estimate of drug-likeness (QED) is 0.486. The monoisotopic (exact) mass is 401 g/mol. The highest BCUT2D eigenvalue weighted by Gasteiger charge is 2.09. The number of halogens is 1. The summed E-state index contributed by atoms with van der Waals surface area (Å²) in [4.78, 5) is 28.9. The van der Waals surface area contributed by atoms with Crippen molar-refractivity contribution in [2.45, 2.75) is 13.1 Å². The van der Waals surface area contributed by atoms with E-state index in [0.29, 0.717) is 23.7 Å². The van der Waals surface area contributed by atoms with E-state index >= 15 is 0 Å². The third kappa shape index (κ3) is 6.59. The standard InChI is InChI=1S/C20H24ClN5O2/c1-23-20(26(2)13-15-4-3-5-17(21)10-15)25-11-14-6-8-16(9-7-14)19(28)24-12-18(22)27/h3-10H,11-13H2,1-2H3,(H2,22,27)(H,23,25)(H,24,28). The van der Waals surface area contributed by atoms with E-state index in [4.69, 9.17) is 17.3 Å². The molecule has 0 atom stereocenters. The molecule has 0 bridgehead atoms. The zero-order chi connectivity index (χ0) is 20.5. The summed E-state index contributed by atoms with van der Waals surface area (Å²) in [5.41, 5.74) is 7.56. The first-order valence-electron chi connectivity index (χ1n) is 8.70. The van der Waals surface area contributed by atoms with E-state index in [1.807, 2.05) is 48.3 Å². The van der Waals surface area contributed by atoms with Crippen LogP contribution in [0.1, 0.15) is 21.5 Å². The van der Waals surface area contributed by atoms with Crippen molar-refractivity contribution >= 4 is 29.4 Å². The van der Waals surface area contributed by atoms with E-state index < -0.39 is 5.91 Å². The highest BCUT2D eigenvalue weighted by molar-refractivity contribution is 6.30. The van der Waals surface area contributed by atoms with Gasteiger partial charge in [-0.05, 0) is 35.4 Å². The van der Waals surface area contributed by atoms with E-state index in [9.17, 15) is 9.59 Å². The van der Waals surface area contributed by atoms with Crippen LogP contribution in [0.25, 0.3) is 0 Å². The Labute approximate surface area is 169 Å². The minimum atomic E-state index is -0.581. The highest BCUT2D eigenvalue weighted by atomic mass is 35.5. The Morgan fingerprint density at radius 2 is 1.82 bits per heavy atom. The molecule has 2 aromatic rings. The number of nitrogens with two attached hydrogens (primary N) is 1. The smallest absolute Gasteiger partial charge is 0.251 e. The van der Waals surface area contributed by atoms with Crippen molar-refractivity contribution in [3.63, 3.8) is 0 Å². The maximum absolute atomic E-state index is 11.9. The molecule has 7 nitrogen and oxygen atoms in total. The Morgan fingerprint density at radius 1 is 1.11 bits per heavy atom. The summed E-state index contributed by atoms with van der Waals surface area (Å²) in [5.74, 6) is -0.180. The van der Waals surface area contributed by atoms with Gasteiger partial charge in [-0.25, -0.2) is 0 Å². The molecule has 0 heterocycles. The second kappa shape index (κ2) is 10.3. The molecule has 4 N–H and O–H groups in total. The third-order valence-corrected chi connectivity index (χ3v) is 4.21. The summed E-state index contributed by atoms with van der Waals surface area (Å²) in [7, 11) is 3.67. The average Bonchev–Trinajstić information content (AvgIpc) is 2.67. The molecule has 0 aromatic heterocycles. The van der Waals surface area contributed by atoms with Crippen LogP contribution in [0.2, 0.25) is 5.02 Å².